The quantitative estimate of drug-likeness (QED) is 0.243. The average molecular weight is 557 g/mol. The van der Waals surface area contributed by atoms with E-state index in [-0.39, 0.29) is 48.7 Å². The topological polar surface area (TPSA) is 194 Å². The summed E-state index contributed by atoms with van der Waals surface area (Å²) >= 11 is 0. The molecule has 1 aromatic rings. The van der Waals surface area contributed by atoms with Crippen LogP contribution < -0.4 is 11.1 Å². The number of aryl methyl sites for hydroxylation is 1. The number of primary amides is 1. The minimum Gasteiger partial charge on any atom is -0.508 e. The molecule has 12 heteroatoms. The second-order valence-corrected chi connectivity index (χ2v) is 11.2. The standard InChI is InChI=1S/C28H36N4O8/c1-6-12-7-14(10-30-17(33)11-31(2)3)22(34)19-15(12)8-13-9-16-21(32(4)5)24(36)20(27(29)39)26(38)28(16,40)25(37)18(13)23(19)35/h7,13,16,21,34-35,38,40H,6,8-11H2,1-5H3,(H2,29,39)(H,30,33)/t13-,16-,21+,28-/m0/s1. The van der Waals surface area contributed by atoms with Gasteiger partial charge in [0.15, 0.2) is 11.4 Å². The maximum atomic E-state index is 14.0. The number of amides is 2. The van der Waals surface area contributed by atoms with Crippen molar-refractivity contribution in [1.29, 1.82) is 0 Å². The number of Topliss-reactive ketones (excluding diaryl/α,β-unsaturated/α-hetero) is 2. The van der Waals surface area contributed by atoms with Crippen LogP contribution >= 0.6 is 0 Å². The van der Waals surface area contributed by atoms with Crippen LogP contribution in [0, 0.1) is 11.8 Å². The monoisotopic (exact) mass is 556 g/mol. The minimum absolute atomic E-state index is 0.0208. The summed E-state index contributed by atoms with van der Waals surface area (Å²) in [5, 5.41) is 48.1. The van der Waals surface area contributed by atoms with Crippen molar-refractivity contribution in [2.75, 3.05) is 34.7 Å². The fourth-order valence-corrected chi connectivity index (χ4v) is 6.44. The van der Waals surface area contributed by atoms with Gasteiger partial charge in [-0.3, -0.25) is 24.1 Å². The van der Waals surface area contributed by atoms with Gasteiger partial charge in [0.1, 0.15) is 22.8 Å². The van der Waals surface area contributed by atoms with Crippen LogP contribution in [0.4, 0.5) is 0 Å². The first-order chi connectivity index (χ1) is 18.7. The van der Waals surface area contributed by atoms with E-state index in [0.29, 0.717) is 17.5 Å². The molecule has 0 unspecified atom stereocenters. The van der Waals surface area contributed by atoms with E-state index in [0.717, 1.165) is 5.56 Å². The Morgan fingerprint density at radius 1 is 1.12 bits per heavy atom. The summed E-state index contributed by atoms with van der Waals surface area (Å²) in [4.78, 5) is 54.6. The lowest BCUT2D eigenvalue weighted by Crippen LogP contribution is -2.65. The van der Waals surface area contributed by atoms with E-state index in [1.54, 1.807) is 39.2 Å². The molecule has 0 aliphatic heterocycles. The molecule has 3 aliphatic carbocycles. The number of aliphatic hydroxyl groups is 3. The first-order valence-corrected chi connectivity index (χ1v) is 13.1. The van der Waals surface area contributed by atoms with Gasteiger partial charge in [0.2, 0.25) is 11.7 Å². The predicted octanol–water partition coefficient (Wildman–Crippen LogP) is -0.296. The Hall–Kier alpha value is -3.74. The van der Waals surface area contributed by atoms with Crippen LogP contribution in [-0.4, -0.2) is 100.0 Å². The molecular formula is C28H36N4O8. The number of phenolic OH excluding ortho intramolecular Hbond substituents is 1. The van der Waals surface area contributed by atoms with Gasteiger partial charge < -0.3 is 36.4 Å². The van der Waals surface area contributed by atoms with E-state index < -0.39 is 58.0 Å². The minimum atomic E-state index is -2.69. The zero-order valence-electron chi connectivity index (χ0n) is 23.2. The molecule has 0 aromatic heterocycles. The number of nitrogens with one attached hydrogen (secondary N) is 1. The van der Waals surface area contributed by atoms with E-state index in [1.807, 2.05) is 6.92 Å². The molecule has 1 aromatic carbocycles. The normalized spacial score (nSPS) is 26.1. The Labute approximate surface area is 231 Å². The van der Waals surface area contributed by atoms with E-state index in [4.69, 9.17) is 5.73 Å². The number of carbonyl (C=O) groups excluding carboxylic acids is 4. The van der Waals surface area contributed by atoms with Gasteiger partial charge in [0.05, 0.1) is 18.2 Å². The molecule has 0 bridgehead atoms. The zero-order valence-corrected chi connectivity index (χ0v) is 23.2. The largest absolute Gasteiger partial charge is 0.508 e. The van der Waals surface area contributed by atoms with Crippen molar-refractivity contribution in [1.82, 2.24) is 15.1 Å². The Morgan fingerprint density at radius 3 is 2.33 bits per heavy atom. The number of fused-ring (bicyclic) bond motifs is 3. The molecule has 0 spiro atoms. The average Bonchev–Trinajstić information content (AvgIpc) is 2.85. The summed E-state index contributed by atoms with van der Waals surface area (Å²) < 4.78 is 0. The van der Waals surface area contributed by atoms with Gasteiger partial charge in [0, 0.05) is 23.6 Å². The smallest absolute Gasteiger partial charge is 0.255 e. The number of nitrogens with zero attached hydrogens (tertiary/aromatic N) is 2. The van der Waals surface area contributed by atoms with E-state index in [1.165, 1.54) is 4.90 Å². The van der Waals surface area contributed by atoms with Crippen molar-refractivity contribution in [3.05, 3.63) is 45.2 Å². The molecule has 0 radical (unpaired) electrons. The van der Waals surface area contributed by atoms with Gasteiger partial charge in [-0.15, -0.1) is 0 Å². The highest BCUT2D eigenvalue weighted by Gasteiger charge is 2.64. The molecule has 1 saturated carbocycles. The molecule has 40 heavy (non-hydrogen) atoms. The second kappa shape index (κ2) is 10.3. The summed E-state index contributed by atoms with van der Waals surface area (Å²) in [7, 11) is 6.60. The van der Waals surface area contributed by atoms with Crippen LogP contribution in [0.3, 0.4) is 0 Å². The molecule has 2 amide bonds. The van der Waals surface area contributed by atoms with E-state index in [9.17, 15) is 39.6 Å². The number of benzene rings is 1. The summed E-state index contributed by atoms with van der Waals surface area (Å²) in [6.45, 7) is 2.01. The lowest BCUT2D eigenvalue weighted by Gasteiger charge is -2.50. The van der Waals surface area contributed by atoms with Crippen molar-refractivity contribution in [3.63, 3.8) is 0 Å². The third-order valence-corrected chi connectivity index (χ3v) is 8.21. The lowest BCUT2D eigenvalue weighted by molar-refractivity contribution is -0.153. The number of nitrogens with two attached hydrogens (primary N) is 1. The number of aromatic hydroxyl groups is 1. The maximum Gasteiger partial charge on any atom is 0.255 e. The highest BCUT2D eigenvalue weighted by atomic mass is 16.3. The van der Waals surface area contributed by atoms with Crippen LogP contribution in [0.25, 0.3) is 5.76 Å². The number of phenols is 1. The number of likely N-dealkylation sites (N-methyl/N-ethyl adjacent to an activating group) is 2. The highest BCUT2D eigenvalue weighted by Crippen LogP contribution is 2.53. The number of aliphatic hydroxyl groups excluding tert-OH is 2. The van der Waals surface area contributed by atoms with E-state index >= 15 is 0 Å². The Morgan fingerprint density at radius 2 is 1.77 bits per heavy atom. The molecular weight excluding hydrogens is 520 g/mol. The lowest BCUT2D eigenvalue weighted by atomic mass is 9.57. The number of rotatable bonds is 7. The summed E-state index contributed by atoms with van der Waals surface area (Å²) in [5.41, 5.74) is 3.38. The van der Waals surface area contributed by atoms with Gasteiger partial charge in [0.25, 0.3) is 5.91 Å². The number of ketones is 2. The fraction of sp³-hybridized carbons (Fsp3) is 0.500. The molecule has 12 nitrogen and oxygen atoms in total. The molecule has 7 N–H and O–H groups in total. The van der Waals surface area contributed by atoms with Crippen molar-refractivity contribution >= 4 is 29.1 Å². The first kappa shape index (κ1) is 29.2. The van der Waals surface area contributed by atoms with Crippen LogP contribution in [0.1, 0.15) is 35.6 Å². The number of hydrogen-bond donors (Lipinski definition) is 6. The Balaban J connectivity index is 1.87. The first-order valence-electron chi connectivity index (χ1n) is 13.1. The molecule has 4 rings (SSSR count). The van der Waals surface area contributed by atoms with Crippen LogP contribution in [0.15, 0.2) is 23.0 Å². The van der Waals surface area contributed by atoms with Crippen molar-refractivity contribution in [2.45, 2.75) is 44.4 Å². The third-order valence-electron chi connectivity index (χ3n) is 8.21. The third kappa shape index (κ3) is 4.36. The van der Waals surface area contributed by atoms with E-state index in [2.05, 4.69) is 5.32 Å². The second-order valence-electron chi connectivity index (χ2n) is 11.2. The summed E-state index contributed by atoms with van der Waals surface area (Å²) in [5.74, 6) is -7.17. The molecule has 1 fully saturated rings. The Kier molecular flexibility index (Phi) is 7.56. The van der Waals surface area contributed by atoms with Crippen molar-refractivity contribution in [3.8, 4) is 5.75 Å². The zero-order chi connectivity index (χ0) is 29.8. The van der Waals surface area contributed by atoms with Gasteiger partial charge in [-0.1, -0.05) is 13.0 Å². The number of hydrogen-bond acceptors (Lipinski definition) is 10. The molecule has 216 valence electrons. The maximum absolute atomic E-state index is 14.0. The number of carbonyl (C=O) groups is 4. The van der Waals surface area contributed by atoms with Crippen molar-refractivity contribution < 1.29 is 39.6 Å². The predicted molar refractivity (Wildman–Crippen MR) is 144 cm³/mol. The van der Waals surface area contributed by atoms with Gasteiger partial charge >= 0.3 is 0 Å². The van der Waals surface area contributed by atoms with Crippen LogP contribution in [-0.2, 0) is 38.6 Å². The Bertz CT molecular complexity index is 1380. The molecule has 3 aliphatic rings. The molecule has 0 heterocycles. The SMILES string of the molecule is CCc1cc(CNC(=O)CN(C)C)c(O)c2c1C[C@H]1C[C@H]3[C@@H](N(C)C)C(=O)C(C(N)=O)=C(O)[C@@]3(O)C(=O)C1=C2O. The van der Waals surface area contributed by atoms with Gasteiger partial charge in [-0.05, 0) is 64.5 Å². The highest BCUT2D eigenvalue weighted by molar-refractivity contribution is 6.24. The van der Waals surface area contributed by atoms with Gasteiger partial charge in [-0.25, -0.2) is 0 Å². The molecule has 0 saturated heterocycles. The fourth-order valence-electron chi connectivity index (χ4n) is 6.44. The summed E-state index contributed by atoms with van der Waals surface area (Å²) in [6, 6.07) is 0.619. The van der Waals surface area contributed by atoms with Gasteiger partial charge in [-0.2, -0.15) is 0 Å². The molecule has 4 atom stereocenters. The van der Waals surface area contributed by atoms with Crippen LogP contribution in [0.2, 0.25) is 0 Å². The summed E-state index contributed by atoms with van der Waals surface area (Å²) in [6.07, 6.45) is 0.777. The van der Waals surface area contributed by atoms with Crippen molar-refractivity contribution in [2.24, 2.45) is 17.6 Å². The van der Waals surface area contributed by atoms with Crippen LogP contribution in [0.5, 0.6) is 5.75 Å².